The molecule has 0 aromatic carbocycles. The molecule has 8 nitrogen and oxygen atoms in total. The second-order valence-electron chi connectivity index (χ2n) is 30.3. The number of hydrogen-bond donors (Lipinski definition) is 1. The molecule has 1 aliphatic heterocycles. The minimum absolute atomic E-state index is 0.0235. The topological polar surface area (TPSA) is 124 Å². The third-order valence-electron chi connectivity index (χ3n) is 27.7. The largest absolute Gasteiger partial charge is 0.465 e. The third-order valence-corrected chi connectivity index (χ3v) is 27.7. The van der Waals surface area contributed by atoms with Gasteiger partial charge in [0.2, 0.25) is 0 Å². The van der Waals surface area contributed by atoms with Crippen LogP contribution in [0.5, 0.6) is 0 Å². The fourth-order valence-corrected chi connectivity index (χ4v) is 23.4. The van der Waals surface area contributed by atoms with E-state index in [1.54, 1.807) is 0 Å². The molecule has 8 heteroatoms. The highest BCUT2D eigenvalue weighted by molar-refractivity contribution is 5.86. The van der Waals surface area contributed by atoms with Crippen molar-refractivity contribution in [3.8, 4) is 0 Å². The molecule has 0 aromatic rings. The summed E-state index contributed by atoms with van der Waals surface area (Å²) in [5, 5.41) is 10.6. The standard InChI is InChI=1S/C32H48O4.C30H46O3.C4H8O/c1-20(18-33)22-10-15-32(19-36-21(2)34)17-16-30(6)23(27(22)32)8-9-25-29(5)13-12-26(35)28(3,4)24(29)11-14-31(25,30)7;1-19(17-31)20-9-14-30(18-32)16-15-28(5)21(25(20)30)7-8-23-27(4)12-11-24(33)26(2,3)22(27)10-13-29(23,28)6;1-2-4-5-3-1/h18,22-25,27H,1,8-17,19H2,2-7H3;17,20-23,25,32H,1,7-16,18H2,2-6H3;1-4H2/t22-,23+,24-,25+,27+,29-,30+,31+,32+;20-,21+,22-,23+,25+,27-,28+,29+,30+;/m00./s1. The van der Waals surface area contributed by atoms with Crippen LogP contribution in [0.25, 0.3) is 0 Å². The third kappa shape index (κ3) is 8.05. The van der Waals surface area contributed by atoms with E-state index in [4.69, 9.17) is 9.47 Å². The van der Waals surface area contributed by atoms with E-state index in [-0.39, 0.29) is 78.6 Å². The van der Waals surface area contributed by atoms with Crippen molar-refractivity contribution < 1.29 is 38.6 Å². The van der Waals surface area contributed by atoms with Gasteiger partial charge in [-0.15, -0.1) is 0 Å². The number of carbonyl (C=O) groups excluding carboxylic acids is 5. The summed E-state index contributed by atoms with van der Waals surface area (Å²) in [4.78, 5) is 61.5. The average molecular weight is 1020 g/mol. The summed E-state index contributed by atoms with van der Waals surface area (Å²) in [7, 11) is 0. The summed E-state index contributed by atoms with van der Waals surface area (Å²) in [6.45, 7) is 36.9. The highest BCUT2D eigenvalue weighted by Gasteiger charge is 2.73. The predicted octanol–water partition coefficient (Wildman–Crippen LogP) is 14.1. The zero-order chi connectivity index (χ0) is 53.9. The van der Waals surface area contributed by atoms with E-state index in [9.17, 15) is 29.1 Å². The first-order valence-electron chi connectivity index (χ1n) is 30.3. The van der Waals surface area contributed by atoms with Gasteiger partial charge in [0.25, 0.3) is 0 Å². The Balaban J connectivity index is 0.000000166. The monoisotopic (exact) mass is 1020 g/mol. The zero-order valence-electron chi connectivity index (χ0n) is 48.5. The minimum atomic E-state index is -0.226. The van der Waals surface area contributed by atoms with Gasteiger partial charge in [0.15, 0.2) is 0 Å². The van der Waals surface area contributed by atoms with E-state index in [0.717, 1.165) is 120 Å². The highest BCUT2D eigenvalue weighted by atomic mass is 16.5. The van der Waals surface area contributed by atoms with Crippen molar-refractivity contribution in [1.29, 1.82) is 0 Å². The lowest BCUT2D eigenvalue weighted by atomic mass is 9.32. The summed E-state index contributed by atoms with van der Waals surface area (Å²) >= 11 is 0. The normalized spacial score (nSPS) is 49.1. The number of allylic oxidation sites excluding steroid dienone is 2. The summed E-state index contributed by atoms with van der Waals surface area (Å²) in [5.74, 6) is 5.15. The van der Waals surface area contributed by atoms with Crippen molar-refractivity contribution in [3.63, 3.8) is 0 Å². The summed E-state index contributed by atoms with van der Waals surface area (Å²) in [5.41, 5.74) is 2.28. The van der Waals surface area contributed by atoms with Crippen LogP contribution in [-0.4, -0.2) is 61.6 Å². The van der Waals surface area contributed by atoms with E-state index in [1.807, 2.05) is 0 Å². The van der Waals surface area contributed by atoms with Crippen molar-refractivity contribution in [2.75, 3.05) is 26.4 Å². The fourth-order valence-electron chi connectivity index (χ4n) is 23.4. The number of aliphatic hydroxyl groups is 1. The molecule has 0 aromatic heterocycles. The molecule has 0 spiro atoms. The maximum atomic E-state index is 13.0. The summed E-state index contributed by atoms with van der Waals surface area (Å²) < 4.78 is 10.7. The number of hydrogen-bond acceptors (Lipinski definition) is 8. The van der Waals surface area contributed by atoms with Gasteiger partial charge in [0.1, 0.15) is 24.1 Å². The first-order valence-corrected chi connectivity index (χ1v) is 30.3. The molecular weight excluding hydrogens is 921 g/mol. The van der Waals surface area contributed by atoms with Crippen LogP contribution in [0.15, 0.2) is 24.3 Å². The Labute approximate surface area is 448 Å². The van der Waals surface area contributed by atoms with Crippen LogP contribution in [0.4, 0.5) is 0 Å². The number of ketones is 2. The Hall–Kier alpha value is -2.45. The number of aldehydes is 2. The van der Waals surface area contributed by atoms with Crippen molar-refractivity contribution >= 4 is 30.1 Å². The van der Waals surface area contributed by atoms with Crippen molar-refractivity contribution in [1.82, 2.24) is 0 Å². The number of ether oxygens (including phenoxy) is 2. The molecule has 11 aliphatic rings. The molecule has 74 heavy (non-hydrogen) atoms. The lowest BCUT2D eigenvalue weighted by Gasteiger charge is -2.72. The van der Waals surface area contributed by atoms with Crippen LogP contribution in [0.1, 0.15) is 217 Å². The SMILES string of the molecule is C1CCOC1.C=C(C=O)[C@@H]1CC[C@]2(CO)CC[C@]3(C)[C@H](CC[C@@H]4[C@@]5(C)CCC(=O)C(C)(C)[C@@H]5CC[C@]43C)[C@@H]12.C=C(C=O)[C@@H]1CC[C@]2(COC(C)=O)CC[C@]3(C)[C@H](CC[C@@H]4[C@@]5(C)CCC(=O)C(C)(C)[C@@H]5CC[C@]43C)[C@@H]12. The molecule has 10 saturated carbocycles. The quantitative estimate of drug-likeness (QED) is 0.152. The number of rotatable bonds is 7. The van der Waals surface area contributed by atoms with Crippen LogP contribution in [0.3, 0.4) is 0 Å². The molecule has 1 heterocycles. The van der Waals surface area contributed by atoms with E-state index in [2.05, 4.69) is 82.4 Å². The summed E-state index contributed by atoms with van der Waals surface area (Å²) in [6, 6.07) is 0. The Bertz CT molecular complexity index is 2230. The van der Waals surface area contributed by atoms with Crippen LogP contribution in [0, 0.1) is 113 Å². The van der Waals surface area contributed by atoms with Gasteiger partial charge in [-0.25, -0.2) is 0 Å². The molecule has 0 bridgehead atoms. The molecule has 11 rings (SSSR count). The molecule has 11 fully saturated rings. The number of fused-ring (bicyclic) bond motifs is 14. The van der Waals surface area contributed by atoms with Crippen molar-refractivity contribution in [3.05, 3.63) is 24.3 Å². The van der Waals surface area contributed by atoms with Gasteiger partial charge in [-0.2, -0.15) is 0 Å². The Morgan fingerprint density at radius 1 is 0.554 bits per heavy atom. The van der Waals surface area contributed by atoms with E-state index in [1.165, 1.54) is 64.7 Å². The Kier molecular flexibility index (Phi) is 14.8. The van der Waals surface area contributed by atoms with Gasteiger partial charge < -0.3 is 14.6 Å². The Morgan fingerprint density at radius 3 is 1.36 bits per heavy atom. The number of carbonyl (C=O) groups is 5. The van der Waals surface area contributed by atoms with Crippen LogP contribution in [0.2, 0.25) is 0 Å². The molecule has 0 radical (unpaired) electrons. The van der Waals surface area contributed by atoms with E-state index in [0.29, 0.717) is 65.5 Å². The van der Waals surface area contributed by atoms with Gasteiger partial charge in [-0.1, -0.05) is 82.4 Å². The summed E-state index contributed by atoms with van der Waals surface area (Å²) in [6.07, 6.45) is 26.1. The molecule has 0 unspecified atom stereocenters. The fraction of sp³-hybridized carbons (Fsp3) is 0.864. The van der Waals surface area contributed by atoms with Gasteiger partial charge in [-0.3, -0.25) is 24.0 Å². The van der Waals surface area contributed by atoms with Gasteiger partial charge in [-0.05, 0) is 237 Å². The van der Waals surface area contributed by atoms with Crippen LogP contribution >= 0.6 is 0 Å². The maximum absolute atomic E-state index is 13.0. The maximum Gasteiger partial charge on any atom is 0.302 e. The van der Waals surface area contributed by atoms with Crippen LogP contribution in [-0.2, 0) is 33.4 Å². The predicted molar refractivity (Wildman–Crippen MR) is 293 cm³/mol. The van der Waals surface area contributed by atoms with E-state index < -0.39 is 0 Å². The molecule has 18 atom stereocenters. The average Bonchev–Trinajstić information content (AvgIpc) is 4.15. The second kappa shape index (κ2) is 19.4. The molecule has 0 amide bonds. The molecule has 414 valence electrons. The van der Waals surface area contributed by atoms with Gasteiger partial charge in [0.05, 0.1) is 6.61 Å². The first-order chi connectivity index (χ1) is 34.7. The molecular formula is C66H102O8. The number of esters is 1. The van der Waals surface area contributed by atoms with E-state index >= 15 is 0 Å². The molecule has 10 aliphatic carbocycles. The van der Waals surface area contributed by atoms with Gasteiger partial charge in [0, 0.05) is 55.8 Å². The molecule has 1 saturated heterocycles. The number of Topliss-reactive ketones (excluding diaryl/α,β-unsaturated/α-hetero) is 2. The lowest BCUT2D eigenvalue weighted by molar-refractivity contribution is -0.237. The smallest absolute Gasteiger partial charge is 0.302 e. The first kappa shape index (κ1) is 56.3. The Morgan fingerprint density at radius 2 is 0.973 bits per heavy atom. The highest BCUT2D eigenvalue weighted by Crippen LogP contribution is 2.79. The second-order valence-corrected chi connectivity index (χ2v) is 30.3. The zero-order valence-corrected chi connectivity index (χ0v) is 48.5. The van der Waals surface area contributed by atoms with Crippen molar-refractivity contribution in [2.45, 2.75) is 217 Å². The lowest BCUT2D eigenvalue weighted by Crippen LogP contribution is -2.66. The minimum Gasteiger partial charge on any atom is -0.465 e. The van der Waals surface area contributed by atoms with Crippen LogP contribution < -0.4 is 0 Å². The number of aliphatic hydroxyl groups excluding tert-OH is 1. The molecule has 1 N–H and O–H groups in total. The van der Waals surface area contributed by atoms with Gasteiger partial charge >= 0.3 is 5.97 Å². The van der Waals surface area contributed by atoms with Crippen molar-refractivity contribution in [2.24, 2.45) is 113 Å².